The van der Waals surface area contributed by atoms with E-state index >= 15 is 0 Å². The van der Waals surface area contributed by atoms with Crippen molar-refractivity contribution in [1.29, 1.82) is 0 Å². The molecule has 0 aliphatic heterocycles. The molecule has 0 aromatic carbocycles. The molecule has 0 bridgehead atoms. The second-order valence-corrected chi connectivity index (χ2v) is 2.32. The molecule has 3 nitrogen and oxygen atoms in total. The molecule has 0 aliphatic rings. The van der Waals surface area contributed by atoms with Crippen molar-refractivity contribution in [2.45, 2.75) is 33.3 Å². The first-order chi connectivity index (χ1) is 4.91. The minimum absolute atomic E-state index is 1.11. The Bertz CT molecular complexity index is 127. The van der Waals surface area contributed by atoms with Gasteiger partial charge >= 0.3 is 5.97 Å². The third kappa shape index (κ3) is 17.6. The second kappa shape index (κ2) is 7.28. The van der Waals surface area contributed by atoms with Gasteiger partial charge in [-0.1, -0.05) is 12.5 Å². The van der Waals surface area contributed by atoms with Crippen molar-refractivity contribution in [2.75, 3.05) is 0 Å². The fourth-order valence-corrected chi connectivity index (χ4v) is 0. The summed E-state index contributed by atoms with van der Waals surface area (Å²) in [5, 5.41) is 15.8. The van der Waals surface area contributed by atoms with Crippen LogP contribution in [-0.4, -0.2) is 22.3 Å². The minimum Gasteiger partial charge on any atom is -0.479 e. The number of carboxylic acids is 1. The summed E-state index contributed by atoms with van der Waals surface area (Å²) in [5.74, 6) is -1.19. The van der Waals surface area contributed by atoms with Crippen LogP contribution in [0.2, 0.25) is 0 Å². The van der Waals surface area contributed by atoms with Crippen molar-refractivity contribution in [1.82, 2.24) is 0 Å². The fraction of sp³-hybridized carbons (Fsp3) is 0.625. The standard InChI is InChI=1S/C5H10.C3H6O3/c1-4-5(2)3;1-2(4)3(5)6/h2,4H2,1,3H3;2,4H,1H3,(H,5,6). The normalized spacial score (nSPS) is 10.9. The monoisotopic (exact) mass is 160 g/mol. The van der Waals surface area contributed by atoms with Crippen molar-refractivity contribution in [2.24, 2.45) is 0 Å². The van der Waals surface area contributed by atoms with Gasteiger partial charge in [0.2, 0.25) is 0 Å². The number of carboxylic acid groups (broad SMARTS) is 1. The Kier molecular flexibility index (Phi) is 8.48. The Morgan fingerprint density at radius 3 is 1.82 bits per heavy atom. The van der Waals surface area contributed by atoms with Crippen LogP contribution in [0.25, 0.3) is 0 Å². The predicted octanol–water partition coefficient (Wildman–Crippen LogP) is 1.42. The molecule has 0 saturated carbocycles. The van der Waals surface area contributed by atoms with Gasteiger partial charge in [-0.3, -0.25) is 0 Å². The molecule has 0 aliphatic carbocycles. The summed E-state index contributed by atoms with van der Waals surface area (Å²) in [6, 6.07) is 0. The van der Waals surface area contributed by atoms with Crippen molar-refractivity contribution >= 4 is 5.97 Å². The number of hydrogen-bond donors (Lipinski definition) is 2. The molecular weight excluding hydrogens is 144 g/mol. The molecule has 0 saturated heterocycles. The lowest BCUT2D eigenvalue weighted by Crippen LogP contribution is -2.13. The molecule has 0 radical (unpaired) electrons. The molecule has 0 rings (SSSR count). The molecule has 0 amide bonds. The molecule has 0 fully saturated rings. The van der Waals surface area contributed by atoms with E-state index in [1.165, 1.54) is 12.5 Å². The highest BCUT2D eigenvalue weighted by atomic mass is 16.4. The van der Waals surface area contributed by atoms with Gasteiger partial charge in [-0.25, -0.2) is 4.79 Å². The summed E-state index contributed by atoms with van der Waals surface area (Å²) in [5.41, 5.74) is 1.25. The van der Waals surface area contributed by atoms with E-state index in [-0.39, 0.29) is 0 Å². The molecule has 0 aromatic rings. The first-order valence-corrected chi connectivity index (χ1v) is 3.47. The van der Waals surface area contributed by atoms with Crippen LogP contribution in [0.4, 0.5) is 0 Å². The zero-order chi connectivity index (χ0) is 9.44. The van der Waals surface area contributed by atoms with Gasteiger partial charge < -0.3 is 10.2 Å². The van der Waals surface area contributed by atoms with Crippen LogP contribution in [0.1, 0.15) is 27.2 Å². The molecule has 0 spiro atoms. The summed E-state index contributed by atoms with van der Waals surface area (Å²) in [4.78, 5) is 9.45. The Hall–Kier alpha value is -0.830. The number of aliphatic hydroxyl groups excluding tert-OH is 1. The van der Waals surface area contributed by atoms with E-state index in [0.29, 0.717) is 0 Å². The molecular formula is C8H16O3. The maximum absolute atomic E-state index is 9.45. The number of carbonyl (C=O) groups is 1. The van der Waals surface area contributed by atoms with E-state index in [2.05, 4.69) is 13.5 Å². The third-order valence-corrected chi connectivity index (χ3v) is 0.961. The Balaban J connectivity index is 0. The number of aliphatic hydroxyl groups is 1. The molecule has 1 atom stereocenters. The van der Waals surface area contributed by atoms with Crippen molar-refractivity contribution in [3.63, 3.8) is 0 Å². The van der Waals surface area contributed by atoms with Crippen molar-refractivity contribution in [3.05, 3.63) is 12.2 Å². The van der Waals surface area contributed by atoms with Gasteiger partial charge in [-0.15, -0.1) is 6.58 Å². The average molecular weight is 160 g/mol. The zero-order valence-corrected chi connectivity index (χ0v) is 7.29. The SMILES string of the molecule is C=C(C)CC.CC(O)C(=O)O. The number of aliphatic carboxylic acids is 1. The summed E-state index contributed by atoms with van der Waals surface area (Å²) in [7, 11) is 0. The van der Waals surface area contributed by atoms with E-state index in [1.807, 2.05) is 6.92 Å². The zero-order valence-electron chi connectivity index (χ0n) is 7.29. The van der Waals surface area contributed by atoms with E-state index in [9.17, 15) is 4.79 Å². The van der Waals surface area contributed by atoms with Gasteiger partial charge in [0, 0.05) is 0 Å². The maximum atomic E-state index is 9.45. The molecule has 11 heavy (non-hydrogen) atoms. The van der Waals surface area contributed by atoms with Crippen LogP contribution in [0.3, 0.4) is 0 Å². The minimum atomic E-state index is -1.23. The van der Waals surface area contributed by atoms with Gasteiger partial charge in [-0.05, 0) is 20.3 Å². The van der Waals surface area contributed by atoms with E-state index in [0.717, 1.165) is 6.42 Å². The smallest absolute Gasteiger partial charge is 0.332 e. The number of hydrogen-bond acceptors (Lipinski definition) is 2. The Labute approximate surface area is 67.4 Å². The van der Waals surface area contributed by atoms with Crippen molar-refractivity contribution < 1.29 is 15.0 Å². The summed E-state index contributed by atoms with van der Waals surface area (Å²) < 4.78 is 0. The maximum Gasteiger partial charge on any atom is 0.332 e. The Morgan fingerprint density at radius 1 is 1.64 bits per heavy atom. The van der Waals surface area contributed by atoms with Crippen LogP contribution in [0.15, 0.2) is 12.2 Å². The van der Waals surface area contributed by atoms with E-state index in [1.54, 1.807) is 0 Å². The largest absolute Gasteiger partial charge is 0.479 e. The summed E-state index contributed by atoms with van der Waals surface area (Å²) in [6.07, 6.45) is -0.120. The second-order valence-electron chi connectivity index (χ2n) is 2.32. The molecule has 0 heterocycles. The van der Waals surface area contributed by atoms with Crippen LogP contribution in [-0.2, 0) is 4.79 Å². The highest BCUT2D eigenvalue weighted by molar-refractivity contribution is 5.71. The highest BCUT2D eigenvalue weighted by Crippen LogP contribution is 1.88. The topological polar surface area (TPSA) is 57.5 Å². The number of allylic oxidation sites excluding steroid dienone is 1. The molecule has 2 N–H and O–H groups in total. The van der Waals surface area contributed by atoms with Crippen LogP contribution in [0, 0.1) is 0 Å². The third-order valence-electron chi connectivity index (χ3n) is 0.961. The molecule has 66 valence electrons. The lowest BCUT2D eigenvalue weighted by Gasteiger charge is -1.89. The van der Waals surface area contributed by atoms with Gasteiger partial charge in [0.1, 0.15) is 6.10 Å². The fourth-order valence-electron chi connectivity index (χ4n) is 0. The molecule has 1 unspecified atom stereocenters. The van der Waals surface area contributed by atoms with Gasteiger partial charge in [0.05, 0.1) is 0 Å². The van der Waals surface area contributed by atoms with E-state index in [4.69, 9.17) is 10.2 Å². The first-order valence-electron chi connectivity index (χ1n) is 3.47. The van der Waals surface area contributed by atoms with Crippen LogP contribution < -0.4 is 0 Å². The summed E-state index contributed by atoms with van der Waals surface area (Å²) >= 11 is 0. The lowest BCUT2D eigenvalue weighted by atomic mass is 10.3. The Morgan fingerprint density at radius 2 is 1.82 bits per heavy atom. The molecule has 3 heteroatoms. The average Bonchev–Trinajstić information content (AvgIpc) is 1.89. The quantitative estimate of drug-likeness (QED) is 0.601. The van der Waals surface area contributed by atoms with E-state index < -0.39 is 12.1 Å². The van der Waals surface area contributed by atoms with Crippen LogP contribution in [0.5, 0.6) is 0 Å². The van der Waals surface area contributed by atoms with Crippen molar-refractivity contribution in [3.8, 4) is 0 Å². The molecule has 0 aromatic heterocycles. The predicted molar refractivity (Wildman–Crippen MR) is 44.4 cm³/mol. The summed E-state index contributed by atoms with van der Waals surface area (Å²) in [6.45, 7) is 9.00. The van der Waals surface area contributed by atoms with Crippen LogP contribution >= 0.6 is 0 Å². The van der Waals surface area contributed by atoms with Gasteiger partial charge in [0.25, 0.3) is 0 Å². The first kappa shape index (κ1) is 12.8. The highest BCUT2D eigenvalue weighted by Gasteiger charge is 2.01. The van der Waals surface area contributed by atoms with Gasteiger partial charge in [0.15, 0.2) is 0 Å². The number of rotatable bonds is 2. The lowest BCUT2D eigenvalue weighted by molar-refractivity contribution is -0.145. The van der Waals surface area contributed by atoms with Gasteiger partial charge in [-0.2, -0.15) is 0 Å².